The van der Waals surface area contributed by atoms with E-state index in [2.05, 4.69) is 12.2 Å². The Labute approximate surface area is 104 Å². The zero-order chi connectivity index (χ0) is 12.1. The monoisotopic (exact) mass is 239 g/mol. The first-order chi connectivity index (χ1) is 8.25. The molecular formula is C14H25NO2. The fourth-order valence-corrected chi connectivity index (χ4v) is 3.04. The third kappa shape index (κ3) is 3.90. The third-order valence-corrected chi connectivity index (χ3v) is 4.22. The summed E-state index contributed by atoms with van der Waals surface area (Å²) in [5, 5.41) is 3.03. The minimum Gasteiger partial charge on any atom is -0.446 e. The summed E-state index contributed by atoms with van der Waals surface area (Å²) in [6, 6.07) is 0.357. The van der Waals surface area contributed by atoms with Gasteiger partial charge < -0.3 is 10.1 Å². The molecule has 2 fully saturated rings. The van der Waals surface area contributed by atoms with Crippen LogP contribution in [0.3, 0.4) is 0 Å². The third-order valence-electron chi connectivity index (χ3n) is 4.22. The molecular weight excluding hydrogens is 214 g/mol. The number of carbonyl (C=O) groups excluding carboxylic acids is 1. The van der Waals surface area contributed by atoms with Gasteiger partial charge in [-0.05, 0) is 38.0 Å². The molecule has 1 amide bonds. The summed E-state index contributed by atoms with van der Waals surface area (Å²) in [7, 11) is 0. The van der Waals surface area contributed by atoms with E-state index in [4.69, 9.17) is 4.74 Å². The van der Waals surface area contributed by atoms with Crippen molar-refractivity contribution in [2.24, 2.45) is 5.92 Å². The molecule has 2 aliphatic rings. The van der Waals surface area contributed by atoms with E-state index >= 15 is 0 Å². The Kier molecular flexibility index (Phi) is 4.69. The molecule has 0 spiro atoms. The van der Waals surface area contributed by atoms with E-state index in [9.17, 15) is 4.79 Å². The van der Waals surface area contributed by atoms with Gasteiger partial charge >= 0.3 is 6.09 Å². The molecule has 0 saturated heterocycles. The Morgan fingerprint density at radius 3 is 2.35 bits per heavy atom. The van der Waals surface area contributed by atoms with E-state index in [1.165, 1.54) is 38.5 Å². The normalized spacial score (nSPS) is 30.9. The molecule has 2 saturated carbocycles. The van der Waals surface area contributed by atoms with Crippen LogP contribution in [0.25, 0.3) is 0 Å². The molecule has 1 N–H and O–H groups in total. The highest BCUT2D eigenvalue weighted by Gasteiger charge is 2.25. The van der Waals surface area contributed by atoms with Crippen LogP contribution in [0.2, 0.25) is 0 Å². The van der Waals surface area contributed by atoms with Crippen molar-refractivity contribution in [3.05, 3.63) is 0 Å². The molecule has 0 aromatic heterocycles. The van der Waals surface area contributed by atoms with Gasteiger partial charge in [-0.25, -0.2) is 4.79 Å². The number of rotatable bonds is 2. The van der Waals surface area contributed by atoms with Crippen molar-refractivity contribution in [2.45, 2.75) is 76.9 Å². The zero-order valence-corrected chi connectivity index (χ0v) is 10.9. The molecule has 2 aliphatic carbocycles. The second-order valence-electron chi connectivity index (χ2n) is 5.68. The highest BCUT2D eigenvalue weighted by molar-refractivity contribution is 5.67. The van der Waals surface area contributed by atoms with Crippen LogP contribution in [0.4, 0.5) is 4.79 Å². The van der Waals surface area contributed by atoms with Gasteiger partial charge in [-0.15, -0.1) is 0 Å². The molecule has 0 unspecified atom stereocenters. The first-order valence-corrected chi connectivity index (χ1v) is 7.23. The summed E-state index contributed by atoms with van der Waals surface area (Å²) in [5.41, 5.74) is 0. The van der Waals surface area contributed by atoms with Crippen molar-refractivity contribution < 1.29 is 9.53 Å². The van der Waals surface area contributed by atoms with Crippen LogP contribution < -0.4 is 5.32 Å². The molecule has 98 valence electrons. The van der Waals surface area contributed by atoms with E-state index in [0.717, 1.165) is 19.3 Å². The lowest BCUT2D eigenvalue weighted by Crippen LogP contribution is -2.40. The second-order valence-corrected chi connectivity index (χ2v) is 5.68. The van der Waals surface area contributed by atoms with E-state index in [-0.39, 0.29) is 12.2 Å². The Hall–Kier alpha value is -0.730. The molecule has 3 nitrogen and oxygen atoms in total. The first kappa shape index (κ1) is 12.7. The fourth-order valence-electron chi connectivity index (χ4n) is 3.04. The first-order valence-electron chi connectivity index (χ1n) is 7.23. The highest BCUT2D eigenvalue weighted by atomic mass is 16.6. The number of nitrogens with one attached hydrogen (secondary N) is 1. The zero-order valence-electron chi connectivity index (χ0n) is 10.9. The predicted octanol–water partition coefficient (Wildman–Crippen LogP) is 3.62. The summed E-state index contributed by atoms with van der Waals surface area (Å²) >= 11 is 0. The number of hydrogen-bond donors (Lipinski definition) is 1. The van der Waals surface area contributed by atoms with Gasteiger partial charge in [-0.3, -0.25) is 0 Å². The van der Waals surface area contributed by atoms with Gasteiger partial charge in [0.05, 0.1) is 0 Å². The van der Waals surface area contributed by atoms with Crippen molar-refractivity contribution in [3.8, 4) is 0 Å². The molecule has 0 heterocycles. The average Bonchev–Trinajstić information content (AvgIpc) is 2.33. The predicted molar refractivity (Wildman–Crippen MR) is 67.9 cm³/mol. The van der Waals surface area contributed by atoms with E-state index in [0.29, 0.717) is 12.0 Å². The van der Waals surface area contributed by atoms with Crippen molar-refractivity contribution in [1.29, 1.82) is 0 Å². The van der Waals surface area contributed by atoms with Crippen molar-refractivity contribution in [3.63, 3.8) is 0 Å². The summed E-state index contributed by atoms with van der Waals surface area (Å²) in [6.45, 7) is 2.19. The molecule has 0 aromatic rings. The van der Waals surface area contributed by atoms with Gasteiger partial charge in [0.15, 0.2) is 0 Å². The highest BCUT2D eigenvalue weighted by Crippen LogP contribution is 2.26. The number of alkyl carbamates (subject to hydrolysis) is 1. The smallest absolute Gasteiger partial charge is 0.407 e. The molecule has 0 aromatic carbocycles. The molecule has 0 radical (unpaired) electrons. The van der Waals surface area contributed by atoms with Crippen LogP contribution in [0.1, 0.15) is 64.7 Å². The standard InChI is InChI=1S/C14H25NO2/c1-11-7-5-6-10-13(11)17-14(16)15-12-8-3-2-4-9-12/h11-13H,2-10H2,1H3,(H,15,16)/t11-,13+/m0/s1. The topological polar surface area (TPSA) is 38.3 Å². The number of hydrogen-bond acceptors (Lipinski definition) is 2. The largest absolute Gasteiger partial charge is 0.446 e. The minimum atomic E-state index is -0.185. The quantitative estimate of drug-likeness (QED) is 0.799. The lowest BCUT2D eigenvalue weighted by atomic mass is 9.88. The summed E-state index contributed by atoms with van der Waals surface area (Å²) in [4.78, 5) is 11.8. The Morgan fingerprint density at radius 1 is 1.00 bits per heavy atom. The molecule has 3 heteroatoms. The maximum Gasteiger partial charge on any atom is 0.407 e. The molecule has 2 atom stereocenters. The average molecular weight is 239 g/mol. The van der Waals surface area contributed by atoms with Gasteiger partial charge in [-0.1, -0.05) is 32.6 Å². The van der Waals surface area contributed by atoms with Crippen LogP contribution in [0.15, 0.2) is 0 Å². The summed E-state index contributed by atoms with van der Waals surface area (Å²) < 4.78 is 5.56. The number of ether oxygens (including phenoxy) is 1. The van der Waals surface area contributed by atoms with Gasteiger partial charge in [0.1, 0.15) is 6.10 Å². The lowest BCUT2D eigenvalue weighted by Gasteiger charge is -2.30. The maximum atomic E-state index is 11.8. The number of amides is 1. The van der Waals surface area contributed by atoms with Crippen LogP contribution >= 0.6 is 0 Å². The molecule has 0 aliphatic heterocycles. The fraction of sp³-hybridized carbons (Fsp3) is 0.929. The van der Waals surface area contributed by atoms with Crippen molar-refractivity contribution >= 4 is 6.09 Å². The van der Waals surface area contributed by atoms with Crippen LogP contribution in [0.5, 0.6) is 0 Å². The maximum absolute atomic E-state index is 11.8. The number of carbonyl (C=O) groups is 1. The van der Waals surface area contributed by atoms with E-state index < -0.39 is 0 Å². The van der Waals surface area contributed by atoms with Crippen LogP contribution in [0, 0.1) is 5.92 Å². The van der Waals surface area contributed by atoms with Crippen LogP contribution in [-0.4, -0.2) is 18.2 Å². The Bertz CT molecular complexity index is 249. The summed E-state index contributed by atoms with van der Waals surface area (Å²) in [5.74, 6) is 0.529. The molecule has 2 rings (SSSR count). The van der Waals surface area contributed by atoms with Crippen molar-refractivity contribution in [2.75, 3.05) is 0 Å². The van der Waals surface area contributed by atoms with Gasteiger partial charge in [0.2, 0.25) is 0 Å². The lowest BCUT2D eigenvalue weighted by molar-refractivity contribution is 0.0408. The molecule has 17 heavy (non-hydrogen) atoms. The van der Waals surface area contributed by atoms with Crippen LogP contribution in [-0.2, 0) is 4.74 Å². The Balaban J connectivity index is 1.72. The minimum absolute atomic E-state index is 0.146. The van der Waals surface area contributed by atoms with Gasteiger partial charge in [0, 0.05) is 6.04 Å². The Morgan fingerprint density at radius 2 is 1.65 bits per heavy atom. The van der Waals surface area contributed by atoms with Gasteiger partial charge in [0.25, 0.3) is 0 Å². The van der Waals surface area contributed by atoms with E-state index in [1.807, 2.05) is 0 Å². The summed E-state index contributed by atoms with van der Waals surface area (Å²) in [6.07, 6.45) is 10.7. The molecule has 0 bridgehead atoms. The SMILES string of the molecule is C[C@H]1CCCC[C@H]1OC(=O)NC1CCCCC1. The van der Waals surface area contributed by atoms with Crippen molar-refractivity contribution in [1.82, 2.24) is 5.32 Å². The van der Waals surface area contributed by atoms with E-state index in [1.54, 1.807) is 0 Å². The second kappa shape index (κ2) is 6.27. The van der Waals surface area contributed by atoms with Gasteiger partial charge in [-0.2, -0.15) is 0 Å².